The van der Waals surface area contributed by atoms with Crippen LogP contribution in [0.5, 0.6) is 0 Å². The zero-order valence-corrected chi connectivity index (χ0v) is 11.3. The fourth-order valence-electron chi connectivity index (χ4n) is 2.05. The Morgan fingerprint density at radius 2 is 2.39 bits per heavy atom. The summed E-state index contributed by atoms with van der Waals surface area (Å²) >= 11 is 3.18. The van der Waals surface area contributed by atoms with E-state index in [1.807, 2.05) is 22.9 Å². The van der Waals surface area contributed by atoms with Crippen molar-refractivity contribution in [2.24, 2.45) is 11.7 Å². The maximum absolute atomic E-state index is 11.9. The van der Waals surface area contributed by atoms with Gasteiger partial charge >= 0.3 is 0 Å². The fourth-order valence-corrected chi connectivity index (χ4v) is 3.66. The Bertz CT molecular complexity index is 549. The van der Waals surface area contributed by atoms with Gasteiger partial charge in [-0.1, -0.05) is 6.07 Å². The molecule has 1 atom stereocenters. The summed E-state index contributed by atoms with van der Waals surface area (Å²) in [6.07, 6.45) is 0.546. The Kier molecular flexibility index (Phi) is 3.15. The predicted molar refractivity (Wildman–Crippen MR) is 74.9 cm³/mol. The van der Waals surface area contributed by atoms with E-state index in [2.05, 4.69) is 4.98 Å². The van der Waals surface area contributed by atoms with Crippen LogP contribution in [0.25, 0.3) is 10.6 Å². The number of rotatable bonds is 3. The smallest absolute Gasteiger partial charge is 0.229 e. The highest BCUT2D eigenvalue weighted by Crippen LogP contribution is 2.32. The molecule has 0 spiro atoms. The van der Waals surface area contributed by atoms with Gasteiger partial charge in [-0.3, -0.25) is 9.69 Å². The molecular formula is C12H13N3OS2. The molecule has 4 nitrogen and oxygen atoms in total. The number of anilines is 1. The van der Waals surface area contributed by atoms with Crippen molar-refractivity contribution < 1.29 is 4.79 Å². The quantitative estimate of drug-likeness (QED) is 0.937. The lowest BCUT2D eigenvalue weighted by molar-refractivity contribution is -0.117. The molecule has 2 N–H and O–H groups in total. The average Bonchev–Trinajstić information content (AvgIpc) is 3.08. The molecule has 2 aromatic heterocycles. The molecule has 0 aromatic carbocycles. The van der Waals surface area contributed by atoms with Crippen LogP contribution in [0.1, 0.15) is 6.42 Å². The van der Waals surface area contributed by atoms with Crippen LogP contribution in [-0.4, -0.2) is 24.0 Å². The van der Waals surface area contributed by atoms with Crippen LogP contribution in [0, 0.1) is 5.92 Å². The van der Waals surface area contributed by atoms with Gasteiger partial charge in [0.15, 0.2) is 5.13 Å². The van der Waals surface area contributed by atoms with Crippen LogP contribution in [-0.2, 0) is 4.79 Å². The lowest BCUT2D eigenvalue weighted by Gasteiger charge is -2.11. The van der Waals surface area contributed by atoms with E-state index in [9.17, 15) is 4.79 Å². The molecule has 1 aliphatic rings. The third-order valence-electron chi connectivity index (χ3n) is 3.04. The Morgan fingerprint density at radius 1 is 1.50 bits per heavy atom. The number of amides is 1. The van der Waals surface area contributed by atoms with Gasteiger partial charge in [-0.15, -0.1) is 22.7 Å². The number of aromatic nitrogens is 1. The first-order valence-corrected chi connectivity index (χ1v) is 7.53. The van der Waals surface area contributed by atoms with Crippen LogP contribution < -0.4 is 10.6 Å². The lowest BCUT2D eigenvalue weighted by atomic mass is 10.1. The number of carbonyl (C=O) groups excluding carboxylic acids is 1. The van der Waals surface area contributed by atoms with Crippen molar-refractivity contribution in [2.75, 3.05) is 18.0 Å². The largest absolute Gasteiger partial charge is 0.330 e. The molecule has 1 fully saturated rings. The van der Waals surface area contributed by atoms with Gasteiger partial charge in [0.25, 0.3) is 0 Å². The van der Waals surface area contributed by atoms with Gasteiger partial charge in [-0.25, -0.2) is 4.98 Å². The number of hydrogen-bond acceptors (Lipinski definition) is 5. The second-order valence-corrected chi connectivity index (χ2v) is 6.09. The Hall–Kier alpha value is -1.24. The fraction of sp³-hybridized carbons (Fsp3) is 0.333. The first kappa shape index (κ1) is 11.8. The van der Waals surface area contributed by atoms with Gasteiger partial charge in [-0.05, 0) is 23.9 Å². The zero-order valence-electron chi connectivity index (χ0n) is 9.70. The summed E-state index contributed by atoms with van der Waals surface area (Å²) < 4.78 is 0. The van der Waals surface area contributed by atoms with E-state index < -0.39 is 0 Å². The molecule has 1 saturated heterocycles. The van der Waals surface area contributed by atoms with Crippen LogP contribution in [0.4, 0.5) is 5.13 Å². The SMILES string of the molecule is NCC1CC(=O)N(c2nc(-c3cccs3)cs2)C1. The van der Waals surface area contributed by atoms with E-state index in [0.29, 0.717) is 19.5 Å². The molecule has 18 heavy (non-hydrogen) atoms. The van der Waals surface area contributed by atoms with Crippen molar-refractivity contribution in [3.8, 4) is 10.6 Å². The van der Waals surface area contributed by atoms with Gasteiger partial charge in [0.05, 0.1) is 10.6 Å². The zero-order chi connectivity index (χ0) is 12.5. The normalized spacial score (nSPS) is 19.7. The predicted octanol–water partition coefficient (Wildman–Crippen LogP) is 2.18. The number of nitrogens with zero attached hydrogens (tertiary/aromatic N) is 2. The average molecular weight is 279 g/mol. The van der Waals surface area contributed by atoms with Crippen LogP contribution in [0.2, 0.25) is 0 Å². The minimum Gasteiger partial charge on any atom is -0.330 e. The van der Waals surface area contributed by atoms with Crippen molar-refractivity contribution in [1.82, 2.24) is 4.98 Å². The molecule has 3 heterocycles. The van der Waals surface area contributed by atoms with Crippen LogP contribution in [0.3, 0.4) is 0 Å². The molecule has 3 rings (SSSR count). The third-order valence-corrected chi connectivity index (χ3v) is 4.79. The van der Waals surface area contributed by atoms with Crippen molar-refractivity contribution in [1.29, 1.82) is 0 Å². The number of carbonyl (C=O) groups is 1. The van der Waals surface area contributed by atoms with E-state index in [1.54, 1.807) is 16.2 Å². The standard InChI is InChI=1S/C12H13N3OS2/c13-5-8-4-11(16)15(6-8)12-14-9(7-18-12)10-2-1-3-17-10/h1-3,7-8H,4-6,13H2. The van der Waals surface area contributed by atoms with Crippen molar-refractivity contribution in [3.05, 3.63) is 22.9 Å². The summed E-state index contributed by atoms with van der Waals surface area (Å²) in [6.45, 7) is 1.26. The molecule has 1 unspecified atom stereocenters. The highest BCUT2D eigenvalue weighted by atomic mass is 32.1. The van der Waals surface area contributed by atoms with E-state index >= 15 is 0 Å². The van der Waals surface area contributed by atoms with Crippen molar-refractivity contribution in [2.45, 2.75) is 6.42 Å². The van der Waals surface area contributed by atoms with Crippen LogP contribution >= 0.6 is 22.7 Å². The molecule has 0 saturated carbocycles. The number of thiazole rings is 1. The number of hydrogen-bond donors (Lipinski definition) is 1. The minimum atomic E-state index is 0.137. The van der Waals surface area contributed by atoms with Crippen molar-refractivity contribution >= 4 is 33.7 Å². The second kappa shape index (κ2) is 4.79. The molecular weight excluding hydrogens is 266 g/mol. The van der Waals surface area contributed by atoms with Crippen molar-refractivity contribution in [3.63, 3.8) is 0 Å². The first-order chi connectivity index (χ1) is 8.78. The monoisotopic (exact) mass is 279 g/mol. The maximum Gasteiger partial charge on any atom is 0.229 e. The Balaban J connectivity index is 1.84. The molecule has 0 radical (unpaired) electrons. The molecule has 6 heteroatoms. The lowest BCUT2D eigenvalue weighted by Crippen LogP contribution is -2.25. The molecule has 1 aliphatic heterocycles. The molecule has 94 valence electrons. The van der Waals surface area contributed by atoms with Gasteiger partial charge in [0, 0.05) is 18.3 Å². The highest BCUT2D eigenvalue weighted by Gasteiger charge is 2.31. The number of nitrogens with two attached hydrogens (primary N) is 1. The number of thiophene rings is 1. The summed E-state index contributed by atoms with van der Waals surface area (Å²) in [5.74, 6) is 0.407. The Morgan fingerprint density at radius 3 is 3.06 bits per heavy atom. The molecule has 2 aromatic rings. The van der Waals surface area contributed by atoms with E-state index in [1.165, 1.54) is 11.3 Å². The summed E-state index contributed by atoms with van der Waals surface area (Å²) in [5.41, 5.74) is 6.58. The van der Waals surface area contributed by atoms with Gasteiger partial charge in [0.2, 0.25) is 5.91 Å². The topological polar surface area (TPSA) is 59.2 Å². The minimum absolute atomic E-state index is 0.137. The summed E-state index contributed by atoms with van der Waals surface area (Å²) in [4.78, 5) is 19.3. The molecule has 0 bridgehead atoms. The van der Waals surface area contributed by atoms with Crippen LogP contribution in [0.15, 0.2) is 22.9 Å². The summed E-state index contributed by atoms with van der Waals surface area (Å²) in [6, 6.07) is 4.04. The maximum atomic E-state index is 11.9. The Labute approximate surface area is 113 Å². The third kappa shape index (κ3) is 2.07. The van der Waals surface area contributed by atoms with Gasteiger partial charge in [-0.2, -0.15) is 0 Å². The first-order valence-electron chi connectivity index (χ1n) is 5.77. The van der Waals surface area contributed by atoms with E-state index in [4.69, 9.17) is 5.73 Å². The summed E-state index contributed by atoms with van der Waals surface area (Å²) in [5, 5.41) is 4.82. The highest BCUT2D eigenvalue weighted by molar-refractivity contribution is 7.16. The second-order valence-electron chi connectivity index (χ2n) is 4.30. The molecule has 0 aliphatic carbocycles. The summed E-state index contributed by atoms with van der Waals surface area (Å²) in [7, 11) is 0. The van der Waals surface area contributed by atoms with E-state index in [-0.39, 0.29) is 11.8 Å². The van der Waals surface area contributed by atoms with E-state index in [0.717, 1.165) is 15.7 Å². The van der Waals surface area contributed by atoms with Gasteiger partial charge in [0.1, 0.15) is 0 Å². The molecule has 1 amide bonds. The van der Waals surface area contributed by atoms with Gasteiger partial charge < -0.3 is 5.73 Å².